The quantitative estimate of drug-likeness (QED) is 0.844. The van der Waals surface area contributed by atoms with Crippen molar-refractivity contribution in [1.82, 2.24) is 4.72 Å². The summed E-state index contributed by atoms with van der Waals surface area (Å²) in [7, 11) is -3.16. The lowest BCUT2D eigenvalue weighted by molar-refractivity contribution is 0.287. The fraction of sp³-hybridized carbons (Fsp3) is 0.500. The SMILES string of the molecule is CCS(=O)(=O)NC(C)COc1ccc(C)cc1. The molecule has 1 atom stereocenters. The molecule has 0 saturated carbocycles. The molecular weight excluding hydrogens is 238 g/mol. The predicted molar refractivity (Wildman–Crippen MR) is 68.7 cm³/mol. The Morgan fingerprint density at radius 1 is 1.29 bits per heavy atom. The minimum Gasteiger partial charge on any atom is -0.492 e. The molecule has 1 aromatic carbocycles. The summed E-state index contributed by atoms with van der Waals surface area (Å²) in [4.78, 5) is 0. The molecule has 1 rings (SSSR count). The van der Waals surface area contributed by atoms with Gasteiger partial charge in [-0.1, -0.05) is 17.7 Å². The van der Waals surface area contributed by atoms with Crippen molar-refractivity contribution < 1.29 is 13.2 Å². The number of sulfonamides is 1. The Morgan fingerprint density at radius 2 is 1.88 bits per heavy atom. The maximum atomic E-state index is 11.3. The molecule has 1 N–H and O–H groups in total. The summed E-state index contributed by atoms with van der Waals surface area (Å²) < 4.78 is 30.6. The molecule has 96 valence electrons. The average molecular weight is 257 g/mol. The van der Waals surface area contributed by atoms with Gasteiger partial charge in [-0.25, -0.2) is 13.1 Å². The number of ether oxygens (including phenoxy) is 1. The largest absolute Gasteiger partial charge is 0.492 e. The minimum absolute atomic E-state index is 0.0852. The van der Waals surface area contributed by atoms with Crippen LogP contribution < -0.4 is 9.46 Å². The van der Waals surface area contributed by atoms with Gasteiger partial charge in [0.25, 0.3) is 0 Å². The van der Waals surface area contributed by atoms with Crippen molar-refractivity contribution in [1.29, 1.82) is 0 Å². The van der Waals surface area contributed by atoms with E-state index in [1.54, 1.807) is 13.8 Å². The molecule has 0 spiro atoms. The highest BCUT2D eigenvalue weighted by Crippen LogP contribution is 2.11. The molecule has 0 radical (unpaired) electrons. The lowest BCUT2D eigenvalue weighted by atomic mass is 10.2. The van der Waals surface area contributed by atoms with Crippen LogP contribution in [-0.2, 0) is 10.0 Å². The Hall–Kier alpha value is -1.07. The van der Waals surface area contributed by atoms with E-state index in [9.17, 15) is 8.42 Å². The fourth-order valence-electron chi connectivity index (χ4n) is 1.28. The second-order valence-electron chi connectivity index (χ2n) is 4.05. The molecule has 0 aromatic heterocycles. The Labute approximate surface area is 103 Å². The number of hydrogen-bond acceptors (Lipinski definition) is 3. The van der Waals surface area contributed by atoms with Gasteiger partial charge in [0.05, 0.1) is 11.8 Å². The maximum absolute atomic E-state index is 11.3. The van der Waals surface area contributed by atoms with Gasteiger partial charge in [0, 0.05) is 0 Å². The first-order valence-electron chi connectivity index (χ1n) is 5.62. The van der Waals surface area contributed by atoms with Gasteiger partial charge in [0.1, 0.15) is 12.4 Å². The normalized spacial score (nSPS) is 13.4. The molecule has 0 aliphatic rings. The number of hydrogen-bond donors (Lipinski definition) is 1. The molecular formula is C12H19NO3S. The standard InChI is InChI=1S/C12H19NO3S/c1-4-17(14,15)13-11(3)9-16-12-7-5-10(2)6-8-12/h5-8,11,13H,4,9H2,1-3H3. The Kier molecular flexibility index (Phi) is 4.96. The number of nitrogens with one attached hydrogen (secondary N) is 1. The predicted octanol–water partition coefficient (Wildman–Crippen LogP) is 1.70. The van der Waals surface area contributed by atoms with E-state index in [4.69, 9.17) is 4.74 Å². The Balaban J connectivity index is 2.43. The summed E-state index contributed by atoms with van der Waals surface area (Å²) in [5.74, 6) is 0.833. The monoisotopic (exact) mass is 257 g/mol. The number of aryl methyl sites for hydroxylation is 1. The summed E-state index contributed by atoms with van der Waals surface area (Å²) in [6, 6.07) is 7.42. The highest BCUT2D eigenvalue weighted by atomic mass is 32.2. The Morgan fingerprint density at radius 3 is 2.41 bits per heavy atom. The first-order chi connectivity index (χ1) is 7.93. The molecule has 4 nitrogen and oxygen atoms in total. The van der Waals surface area contributed by atoms with Gasteiger partial charge < -0.3 is 4.74 Å². The van der Waals surface area contributed by atoms with E-state index < -0.39 is 10.0 Å². The van der Waals surface area contributed by atoms with Gasteiger partial charge in [0.2, 0.25) is 10.0 Å². The van der Waals surface area contributed by atoms with Crippen molar-refractivity contribution in [3.8, 4) is 5.75 Å². The van der Waals surface area contributed by atoms with Gasteiger partial charge in [0.15, 0.2) is 0 Å². The highest BCUT2D eigenvalue weighted by Gasteiger charge is 2.12. The second kappa shape index (κ2) is 6.02. The summed E-state index contributed by atoms with van der Waals surface area (Å²) in [5, 5.41) is 0. The zero-order valence-corrected chi connectivity index (χ0v) is 11.3. The van der Waals surface area contributed by atoms with Crippen molar-refractivity contribution in [3.63, 3.8) is 0 Å². The zero-order valence-electron chi connectivity index (χ0n) is 10.4. The average Bonchev–Trinajstić information content (AvgIpc) is 2.28. The molecule has 0 heterocycles. The van der Waals surface area contributed by atoms with Crippen molar-refractivity contribution in [2.24, 2.45) is 0 Å². The smallest absolute Gasteiger partial charge is 0.211 e. The molecule has 1 unspecified atom stereocenters. The summed E-state index contributed by atoms with van der Waals surface area (Å²) in [5.41, 5.74) is 1.16. The van der Waals surface area contributed by atoms with Gasteiger partial charge in [-0.2, -0.15) is 0 Å². The molecule has 0 bridgehead atoms. The van der Waals surface area contributed by atoms with E-state index in [1.165, 1.54) is 0 Å². The molecule has 5 heteroatoms. The van der Waals surface area contributed by atoms with Crippen molar-refractivity contribution in [2.75, 3.05) is 12.4 Å². The number of rotatable bonds is 6. The van der Waals surface area contributed by atoms with E-state index in [1.807, 2.05) is 31.2 Å². The van der Waals surface area contributed by atoms with E-state index in [2.05, 4.69) is 4.72 Å². The van der Waals surface area contributed by atoms with Crippen LogP contribution in [0.15, 0.2) is 24.3 Å². The van der Waals surface area contributed by atoms with Crippen molar-refractivity contribution in [2.45, 2.75) is 26.8 Å². The van der Waals surface area contributed by atoms with Gasteiger partial charge >= 0.3 is 0 Å². The lowest BCUT2D eigenvalue weighted by Gasteiger charge is -2.14. The van der Waals surface area contributed by atoms with Crippen LogP contribution in [0.1, 0.15) is 19.4 Å². The van der Waals surface area contributed by atoms with Crippen LogP contribution in [0.3, 0.4) is 0 Å². The van der Waals surface area contributed by atoms with E-state index >= 15 is 0 Å². The van der Waals surface area contributed by atoms with Crippen molar-refractivity contribution >= 4 is 10.0 Å². The van der Waals surface area contributed by atoms with Crippen molar-refractivity contribution in [3.05, 3.63) is 29.8 Å². The number of benzene rings is 1. The molecule has 17 heavy (non-hydrogen) atoms. The van der Waals surface area contributed by atoms with Gasteiger partial charge in [-0.3, -0.25) is 0 Å². The summed E-state index contributed by atoms with van der Waals surface area (Å²) in [6.07, 6.45) is 0. The van der Waals surface area contributed by atoms with Crippen LogP contribution in [0.25, 0.3) is 0 Å². The minimum atomic E-state index is -3.16. The van der Waals surface area contributed by atoms with Gasteiger partial charge in [-0.15, -0.1) is 0 Å². The molecule has 0 aliphatic heterocycles. The second-order valence-corrected chi connectivity index (χ2v) is 6.09. The van der Waals surface area contributed by atoms with Gasteiger partial charge in [-0.05, 0) is 32.9 Å². The Bertz CT molecular complexity index is 439. The van der Waals surface area contributed by atoms with Crippen LogP contribution in [0, 0.1) is 6.92 Å². The maximum Gasteiger partial charge on any atom is 0.211 e. The highest BCUT2D eigenvalue weighted by molar-refractivity contribution is 7.89. The topological polar surface area (TPSA) is 55.4 Å². The molecule has 0 fully saturated rings. The van der Waals surface area contributed by atoms with Crippen LogP contribution in [-0.4, -0.2) is 26.8 Å². The molecule has 0 saturated heterocycles. The van der Waals surface area contributed by atoms with E-state index in [0.29, 0.717) is 6.61 Å². The van der Waals surface area contributed by atoms with Crippen LogP contribution in [0.5, 0.6) is 5.75 Å². The first kappa shape index (κ1) is 14.0. The third kappa shape index (κ3) is 5.19. The third-order valence-corrected chi connectivity index (χ3v) is 3.80. The summed E-state index contributed by atoms with van der Waals surface area (Å²) >= 11 is 0. The first-order valence-corrected chi connectivity index (χ1v) is 7.27. The molecule has 0 amide bonds. The summed E-state index contributed by atoms with van der Waals surface area (Å²) in [6.45, 7) is 5.71. The lowest BCUT2D eigenvalue weighted by Crippen LogP contribution is -2.37. The van der Waals surface area contributed by atoms with E-state index in [-0.39, 0.29) is 11.8 Å². The fourth-order valence-corrected chi connectivity index (χ4v) is 2.13. The molecule has 0 aliphatic carbocycles. The van der Waals surface area contributed by atoms with E-state index in [0.717, 1.165) is 11.3 Å². The van der Waals surface area contributed by atoms with Crippen LogP contribution in [0.2, 0.25) is 0 Å². The van der Waals surface area contributed by atoms with Crippen LogP contribution >= 0.6 is 0 Å². The zero-order chi connectivity index (χ0) is 12.9. The third-order valence-electron chi connectivity index (χ3n) is 2.28. The van der Waals surface area contributed by atoms with Crippen LogP contribution in [0.4, 0.5) is 0 Å². The molecule has 1 aromatic rings.